The number of hydrogen-bond donors (Lipinski definition) is 1. The van der Waals surface area contributed by atoms with Gasteiger partial charge in [0, 0.05) is 24.1 Å². The van der Waals surface area contributed by atoms with Crippen molar-refractivity contribution in [2.75, 3.05) is 0 Å². The van der Waals surface area contributed by atoms with Gasteiger partial charge in [0.2, 0.25) is 0 Å². The molecule has 1 aliphatic heterocycles. The lowest BCUT2D eigenvalue weighted by Gasteiger charge is -2.31. The number of aromatic nitrogens is 2. The molecule has 0 saturated heterocycles. The van der Waals surface area contributed by atoms with E-state index >= 15 is 0 Å². The maximum absolute atomic E-state index is 6.33. The molecule has 0 aliphatic carbocycles. The van der Waals surface area contributed by atoms with Crippen LogP contribution in [0.25, 0.3) is 0 Å². The van der Waals surface area contributed by atoms with Crippen LogP contribution in [0, 0.1) is 6.92 Å². The van der Waals surface area contributed by atoms with Crippen molar-refractivity contribution >= 4 is 0 Å². The standard InChI is InChI=1S/C16H21N3O/c1-10(2)19-9-18-8-14(19)16-7-13(17)12-6-11(3)4-5-15(12)20-16/h4-6,8-10,13,16H,7,17H2,1-3H3/t13-,16?/m1/s1. The average Bonchev–Trinajstić information content (AvgIpc) is 2.89. The number of nitrogens with zero attached hydrogens (tertiary/aromatic N) is 2. The van der Waals surface area contributed by atoms with Crippen molar-refractivity contribution in [1.29, 1.82) is 0 Å². The van der Waals surface area contributed by atoms with Crippen LogP contribution < -0.4 is 10.5 Å². The van der Waals surface area contributed by atoms with Crippen LogP contribution in [0.3, 0.4) is 0 Å². The first-order valence-electron chi connectivity index (χ1n) is 7.10. The molecule has 0 fully saturated rings. The summed E-state index contributed by atoms with van der Waals surface area (Å²) in [6.45, 7) is 6.36. The molecule has 2 N–H and O–H groups in total. The number of rotatable bonds is 2. The minimum Gasteiger partial charge on any atom is -0.484 e. The van der Waals surface area contributed by atoms with Crippen LogP contribution in [0.5, 0.6) is 5.75 Å². The molecule has 0 bridgehead atoms. The molecule has 2 aromatic rings. The Morgan fingerprint density at radius 3 is 2.95 bits per heavy atom. The predicted molar refractivity (Wildman–Crippen MR) is 78.7 cm³/mol. The van der Waals surface area contributed by atoms with Gasteiger partial charge in [-0.15, -0.1) is 0 Å². The minimum atomic E-state index is -0.0230. The Morgan fingerprint density at radius 1 is 1.40 bits per heavy atom. The van der Waals surface area contributed by atoms with Gasteiger partial charge in [0.25, 0.3) is 0 Å². The van der Waals surface area contributed by atoms with Crippen molar-refractivity contribution in [1.82, 2.24) is 9.55 Å². The quantitative estimate of drug-likeness (QED) is 0.911. The van der Waals surface area contributed by atoms with E-state index in [0.29, 0.717) is 6.04 Å². The van der Waals surface area contributed by atoms with Crippen LogP contribution in [-0.2, 0) is 0 Å². The SMILES string of the molecule is Cc1ccc2c(c1)[C@H](N)CC(c1cncn1C(C)C)O2. The third-order valence-electron chi connectivity index (χ3n) is 3.88. The van der Waals surface area contributed by atoms with E-state index in [1.165, 1.54) is 5.56 Å². The molecule has 20 heavy (non-hydrogen) atoms. The number of fused-ring (bicyclic) bond motifs is 1. The molecule has 3 rings (SSSR count). The highest BCUT2D eigenvalue weighted by Gasteiger charge is 2.29. The molecule has 106 valence electrons. The van der Waals surface area contributed by atoms with E-state index in [9.17, 15) is 0 Å². The van der Waals surface area contributed by atoms with Gasteiger partial charge in [-0.2, -0.15) is 0 Å². The Balaban J connectivity index is 1.95. The van der Waals surface area contributed by atoms with Crippen LogP contribution in [0.15, 0.2) is 30.7 Å². The van der Waals surface area contributed by atoms with E-state index in [4.69, 9.17) is 10.5 Å². The van der Waals surface area contributed by atoms with Crippen LogP contribution in [0.1, 0.15) is 55.3 Å². The molecule has 1 aromatic heterocycles. The summed E-state index contributed by atoms with van der Waals surface area (Å²) in [4.78, 5) is 4.26. The lowest BCUT2D eigenvalue weighted by Crippen LogP contribution is -2.26. The molecular formula is C16H21N3O. The molecule has 4 heteroatoms. The lowest BCUT2D eigenvalue weighted by atomic mass is 9.94. The maximum atomic E-state index is 6.33. The Bertz CT molecular complexity index is 618. The summed E-state index contributed by atoms with van der Waals surface area (Å²) >= 11 is 0. The second-order valence-corrected chi connectivity index (χ2v) is 5.81. The van der Waals surface area contributed by atoms with Gasteiger partial charge in [-0.05, 0) is 26.8 Å². The van der Waals surface area contributed by atoms with Gasteiger partial charge in [-0.25, -0.2) is 4.98 Å². The topological polar surface area (TPSA) is 53.1 Å². The monoisotopic (exact) mass is 271 g/mol. The third kappa shape index (κ3) is 2.20. The van der Waals surface area contributed by atoms with Crippen LogP contribution in [0.2, 0.25) is 0 Å². The van der Waals surface area contributed by atoms with Gasteiger partial charge >= 0.3 is 0 Å². The van der Waals surface area contributed by atoms with Crippen molar-refractivity contribution in [3.05, 3.63) is 47.5 Å². The van der Waals surface area contributed by atoms with Gasteiger partial charge in [-0.1, -0.05) is 17.7 Å². The van der Waals surface area contributed by atoms with Gasteiger partial charge in [0.1, 0.15) is 11.9 Å². The first-order valence-corrected chi connectivity index (χ1v) is 7.10. The molecule has 0 spiro atoms. The normalized spacial score (nSPS) is 21.6. The average molecular weight is 271 g/mol. The number of nitrogens with two attached hydrogens (primary N) is 1. The molecule has 1 unspecified atom stereocenters. The molecule has 2 heterocycles. The fraction of sp³-hybridized carbons (Fsp3) is 0.438. The highest BCUT2D eigenvalue weighted by atomic mass is 16.5. The van der Waals surface area contributed by atoms with Gasteiger partial charge in [0.15, 0.2) is 0 Å². The Hall–Kier alpha value is -1.81. The first-order chi connectivity index (χ1) is 9.56. The number of hydrogen-bond acceptors (Lipinski definition) is 3. The molecule has 1 aromatic carbocycles. The van der Waals surface area contributed by atoms with E-state index in [1.807, 2.05) is 18.6 Å². The molecule has 2 atom stereocenters. The van der Waals surface area contributed by atoms with Crippen molar-refractivity contribution in [2.24, 2.45) is 5.73 Å². The highest BCUT2D eigenvalue weighted by Crippen LogP contribution is 2.40. The van der Waals surface area contributed by atoms with Crippen LogP contribution in [-0.4, -0.2) is 9.55 Å². The second-order valence-electron chi connectivity index (χ2n) is 5.81. The van der Waals surface area contributed by atoms with Crippen LogP contribution in [0.4, 0.5) is 0 Å². The smallest absolute Gasteiger partial charge is 0.142 e. The Morgan fingerprint density at radius 2 is 2.20 bits per heavy atom. The van der Waals surface area contributed by atoms with Crippen molar-refractivity contribution in [3.63, 3.8) is 0 Å². The van der Waals surface area contributed by atoms with Gasteiger partial charge < -0.3 is 15.0 Å². The lowest BCUT2D eigenvalue weighted by molar-refractivity contribution is 0.151. The van der Waals surface area contributed by atoms with Gasteiger partial charge in [-0.3, -0.25) is 0 Å². The number of imidazole rings is 1. The fourth-order valence-corrected chi connectivity index (χ4v) is 2.80. The van der Waals surface area contributed by atoms with E-state index < -0.39 is 0 Å². The van der Waals surface area contributed by atoms with E-state index in [0.717, 1.165) is 23.4 Å². The van der Waals surface area contributed by atoms with Crippen molar-refractivity contribution in [3.8, 4) is 5.75 Å². The molecule has 4 nitrogen and oxygen atoms in total. The molecule has 1 aliphatic rings. The van der Waals surface area contributed by atoms with E-state index in [2.05, 4.69) is 42.5 Å². The first kappa shape index (κ1) is 13.2. The zero-order valence-electron chi connectivity index (χ0n) is 12.2. The van der Waals surface area contributed by atoms with E-state index in [1.54, 1.807) is 0 Å². The van der Waals surface area contributed by atoms with Gasteiger partial charge in [0.05, 0.1) is 18.2 Å². The second kappa shape index (κ2) is 4.94. The number of benzene rings is 1. The van der Waals surface area contributed by atoms with Crippen molar-refractivity contribution in [2.45, 2.75) is 45.4 Å². The summed E-state index contributed by atoms with van der Waals surface area (Å²) < 4.78 is 8.30. The summed E-state index contributed by atoms with van der Waals surface area (Å²) in [7, 11) is 0. The van der Waals surface area contributed by atoms with Crippen LogP contribution >= 0.6 is 0 Å². The minimum absolute atomic E-state index is 0.0131. The molecular weight excluding hydrogens is 250 g/mol. The largest absolute Gasteiger partial charge is 0.484 e. The zero-order valence-corrected chi connectivity index (χ0v) is 12.2. The summed E-state index contributed by atoms with van der Waals surface area (Å²) in [5, 5.41) is 0. The molecule has 0 radical (unpaired) electrons. The molecule has 0 saturated carbocycles. The Labute approximate surface area is 119 Å². The summed E-state index contributed by atoms with van der Waals surface area (Å²) in [6, 6.07) is 6.59. The highest BCUT2D eigenvalue weighted by molar-refractivity contribution is 5.41. The predicted octanol–water partition coefficient (Wildman–Crippen LogP) is 3.30. The number of aryl methyl sites for hydroxylation is 1. The van der Waals surface area contributed by atoms with E-state index in [-0.39, 0.29) is 12.1 Å². The van der Waals surface area contributed by atoms with Crippen molar-refractivity contribution < 1.29 is 4.74 Å². The summed E-state index contributed by atoms with van der Waals surface area (Å²) in [5.74, 6) is 0.899. The number of ether oxygens (including phenoxy) is 1. The summed E-state index contributed by atoms with van der Waals surface area (Å²) in [6.07, 6.45) is 4.51. The maximum Gasteiger partial charge on any atom is 0.142 e. The Kier molecular flexibility index (Phi) is 3.26. The summed E-state index contributed by atoms with van der Waals surface area (Å²) in [5.41, 5.74) is 9.75. The third-order valence-corrected chi connectivity index (χ3v) is 3.88. The molecule has 0 amide bonds. The zero-order chi connectivity index (χ0) is 14.3. The fourth-order valence-electron chi connectivity index (χ4n) is 2.80.